The average Bonchev–Trinajstić information content (AvgIpc) is 2.71. The number of hydrogen-bond donors (Lipinski definition) is 0. The van der Waals surface area contributed by atoms with Crippen molar-refractivity contribution < 1.29 is 34.3 Å². The molecule has 0 amide bonds. The number of rotatable bonds is 3. The fraction of sp³-hybridized carbons (Fsp3) is 0.333. The summed E-state index contributed by atoms with van der Waals surface area (Å²) in [6.07, 6.45) is 4.00. The predicted molar refractivity (Wildman–Crippen MR) is 61.9 cm³/mol. The van der Waals surface area contributed by atoms with Crippen molar-refractivity contribution in [2.24, 2.45) is 0 Å². The van der Waals surface area contributed by atoms with Gasteiger partial charge in [-0.2, -0.15) is 8.78 Å². The van der Waals surface area contributed by atoms with E-state index < -0.39 is 6.08 Å². The first-order valence-corrected chi connectivity index (χ1v) is 4.51. The molecule has 0 fully saturated rings. The zero-order valence-corrected chi connectivity index (χ0v) is 13.3. The van der Waals surface area contributed by atoms with Crippen molar-refractivity contribution in [3.8, 4) is 0 Å². The van der Waals surface area contributed by atoms with Gasteiger partial charge in [-0.1, -0.05) is 5.57 Å². The van der Waals surface area contributed by atoms with Gasteiger partial charge in [0.2, 0.25) is 0 Å². The zero-order chi connectivity index (χ0) is 11.7. The Kier molecular flexibility index (Phi) is 16.8. The van der Waals surface area contributed by atoms with Crippen LogP contribution in [0.4, 0.5) is 8.78 Å². The number of hydrogen-bond acceptors (Lipinski definition) is 2. The molecule has 0 spiro atoms. The van der Waals surface area contributed by atoms with Gasteiger partial charge in [-0.15, -0.1) is 6.58 Å². The van der Waals surface area contributed by atoms with E-state index in [4.69, 9.17) is 0 Å². The summed E-state index contributed by atoms with van der Waals surface area (Å²) < 4.78 is 27.9. The molecule has 0 unspecified atom stereocenters. The van der Waals surface area contributed by atoms with Crippen LogP contribution in [0.3, 0.4) is 0 Å². The molecular formula is C12H18F2NOW-. The third kappa shape index (κ3) is 15.2. The normalized spacial score (nSPS) is 7.76. The van der Waals surface area contributed by atoms with Crippen LogP contribution >= 0.6 is 0 Å². The summed E-state index contributed by atoms with van der Waals surface area (Å²) in [5, 5.41) is 0. The van der Waals surface area contributed by atoms with Crippen molar-refractivity contribution in [1.29, 1.82) is 0 Å². The molecule has 1 rings (SSSR count). The molecule has 0 aliphatic heterocycles. The molecule has 0 saturated carbocycles. The van der Waals surface area contributed by atoms with E-state index in [2.05, 4.69) is 16.0 Å². The van der Waals surface area contributed by atoms with E-state index in [9.17, 15) is 8.78 Å². The van der Waals surface area contributed by atoms with E-state index in [1.165, 1.54) is 19.6 Å². The first-order valence-electron chi connectivity index (χ1n) is 4.51. The van der Waals surface area contributed by atoms with E-state index in [1.54, 1.807) is 6.20 Å². The average molecular weight is 414 g/mol. The standard InChI is InChI=1S/C8H12F2.C3H3NO.CH3.W/c1-6(2)4-5-7(3)8(9)10;1-2-5-3-4-1;;/h1,4-5H2,2-3H3;1-3H;1H3;/q;;-1;. The Labute approximate surface area is 116 Å². The minimum Gasteiger partial charge on any atom is -0.452 e. The molecule has 0 aromatic carbocycles. The molecule has 0 aliphatic rings. The summed E-state index contributed by atoms with van der Waals surface area (Å²) >= 11 is 0. The molecule has 5 heteroatoms. The smallest absolute Gasteiger partial charge is 0.269 e. The summed E-state index contributed by atoms with van der Waals surface area (Å²) in [6, 6.07) is 0. The SMILES string of the molecule is C=C(C)CCC(C)=C(F)F.[CH3-].[W].c1cocn1. The van der Waals surface area contributed by atoms with Gasteiger partial charge in [0.25, 0.3) is 6.08 Å². The Hall–Kier alpha value is -0.762. The molecule has 98 valence electrons. The van der Waals surface area contributed by atoms with Gasteiger partial charge in [-0.3, -0.25) is 0 Å². The molecule has 0 bridgehead atoms. The maximum atomic E-state index is 11.7. The van der Waals surface area contributed by atoms with Gasteiger partial charge in [-0.25, -0.2) is 4.98 Å². The quantitative estimate of drug-likeness (QED) is 0.533. The summed E-state index contributed by atoms with van der Waals surface area (Å²) in [5.74, 6) is 0. The molecule has 0 N–H and O–H groups in total. The number of aromatic nitrogens is 1. The molecule has 1 heterocycles. The third-order valence-corrected chi connectivity index (χ3v) is 1.60. The Morgan fingerprint density at radius 3 is 2.12 bits per heavy atom. The zero-order valence-electron chi connectivity index (χ0n) is 10.4. The molecule has 0 atom stereocenters. The molecule has 1 aromatic rings. The monoisotopic (exact) mass is 414 g/mol. The molecular weight excluding hydrogens is 396 g/mol. The minimum absolute atomic E-state index is 0. The van der Waals surface area contributed by atoms with Crippen LogP contribution in [0.5, 0.6) is 0 Å². The second kappa shape index (κ2) is 13.3. The van der Waals surface area contributed by atoms with E-state index >= 15 is 0 Å². The van der Waals surface area contributed by atoms with E-state index in [0.717, 1.165) is 5.57 Å². The van der Waals surface area contributed by atoms with Crippen LogP contribution in [0.2, 0.25) is 0 Å². The summed E-state index contributed by atoms with van der Waals surface area (Å²) in [6.45, 7) is 6.90. The Balaban J connectivity index is -0.000000238. The molecule has 0 saturated heterocycles. The Morgan fingerprint density at radius 2 is 1.88 bits per heavy atom. The van der Waals surface area contributed by atoms with Crippen LogP contribution in [0.25, 0.3) is 0 Å². The molecule has 2 nitrogen and oxygen atoms in total. The predicted octanol–water partition coefficient (Wildman–Crippen LogP) is 4.64. The van der Waals surface area contributed by atoms with Gasteiger partial charge in [0, 0.05) is 21.1 Å². The summed E-state index contributed by atoms with van der Waals surface area (Å²) in [7, 11) is 0. The molecule has 17 heavy (non-hydrogen) atoms. The van der Waals surface area contributed by atoms with Crippen LogP contribution in [-0.4, -0.2) is 4.98 Å². The maximum absolute atomic E-state index is 11.7. The molecule has 1 aromatic heterocycles. The Bertz CT molecular complexity index is 289. The van der Waals surface area contributed by atoms with Crippen LogP contribution in [0, 0.1) is 7.43 Å². The van der Waals surface area contributed by atoms with E-state index in [0.29, 0.717) is 12.8 Å². The van der Waals surface area contributed by atoms with Crippen LogP contribution in [-0.2, 0) is 21.1 Å². The van der Waals surface area contributed by atoms with Crippen molar-refractivity contribution in [1.82, 2.24) is 4.98 Å². The van der Waals surface area contributed by atoms with Crippen molar-refractivity contribution in [2.45, 2.75) is 26.7 Å². The second-order valence-electron chi connectivity index (χ2n) is 3.17. The number of oxazole rings is 1. The third-order valence-electron chi connectivity index (χ3n) is 1.60. The fourth-order valence-corrected chi connectivity index (χ4v) is 0.671. The topological polar surface area (TPSA) is 26.0 Å². The summed E-state index contributed by atoms with van der Waals surface area (Å²) in [5.41, 5.74) is 1.11. The maximum Gasteiger partial charge on any atom is 0.269 e. The van der Waals surface area contributed by atoms with Crippen molar-refractivity contribution in [3.63, 3.8) is 0 Å². The second-order valence-corrected chi connectivity index (χ2v) is 3.17. The first-order chi connectivity index (χ1) is 7.04. The van der Waals surface area contributed by atoms with Gasteiger partial charge in [0.05, 0.1) is 6.20 Å². The largest absolute Gasteiger partial charge is 0.452 e. The van der Waals surface area contributed by atoms with E-state index in [-0.39, 0.29) is 34.1 Å². The molecule has 0 aliphatic carbocycles. The van der Waals surface area contributed by atoms with Gasteiger partial charge in [-0.05, 0) is 32.3 Å². The van der Waals surface area contributed by atoms with Crippen LogP contribution < -0.4 is 0 Å². The molecule has 0 radical (unpaired) electrons. The van der Waals surface area contributed by atoms with Gasteiger partial charge in [0.15, 0.2) is 6.39 Å². The van der Waals surface area contributed by atoms with Crippen LogP contribution in [0.1, 0.15) is 26.7 Å². The number of allylic oxidation sites excluding steroid dienone is 2. The minimum atomic E-state index is -1.55. The van der Waals surface area contributed by atoms with Crippen LogP contribution in [0.15, 0.2) is 47.1 Å². The van der Waals surface area contributed by atoms with Gasteiger partial charge in [0.1, 0.15) is 6.26 Å². The van der Waals surface area contributed by atoms with Gasteiger partial charge >= 0.3 is 0 Å². The van der Waals surface area contributed by atoms with Gasteiger partial charge < -0.3 is 11.8 Å². The van der Waals surface area contributed by atoms with Crippen molar-refractivity contribution >= 4 is 0 Å². The Morgan fingerprint density at radius 1 is 1.29 bits per heavy atom. The number of halogens is 2. The van der Waals surface area contributed by atoms with Crippen molar-refractivity contribution in [3.05, 3.63) is 50.1 Å². The first kappa shape index (κ1) is 21.5. The number of nitrogens with zero attached hydrogens (tertiary/aromatic N) is 1. The fourth-order valence-electron chi connectivity index (χ4n) is 0.671. The van der Waals surface area contributed by atoms with Crippen molar-refractivity contribution in [2.75, 3.05) is 0 Å². The van der Waals surface area contributed by atoms with E-state index in [1.807, 2.05) is 6.92 Å². The summed E-state index contributed by atoms with van der Waals surface area (Å²) in [4.78, 5) is 3.56.